The first-order valence-corrected chi connectivity index (χ1v) is 11.3. The molecule has 0 N–H and O–H groups in total. The van der Waals surface area contributed by atoms with Gasteiger partial charge in [-0.3, -0.25) is 4.79 Å². The van der Waals surface area contributed by atoms with Crippen LogP contribution in [0.5, 0.6) is 0 Å². The Balaban J connectivity index is 1.37. The quantitative estimate of drug-likeness (QED) is 0.631. The molecule has 0 spiro atoms. The Morgan fingerprint density at radius 3 is 2.00 bits per heavy atom. The Hall–Kier alpha value is -3.10. The lowest BCUT2D eigenvalue weighted by Crippen LogP contribution is -2.50. The number of carbonyl (C=O) groups excluding carboxylic acids is 1. The lowest BCUT2D eigenvalue weighted by Gasteiger charge is -2.34. The smallest absolute Gasteiger partial charge is 0.257 e. The molecule has 7 nitrogen and oxygen atoms in total. The molecule has 1 aliphatic heterocycles. The third-order valence-electron chi connectivity index (χ3n) is 5.04. The van der Waals surface area contributed by atoms with Crippen molar-refractivity contribution in [2.45, 2.75) is 5.75 Å². The van der Waals surface area contributed by atoms with E-state index in [9.17, 15) is 13.2 Å². The van der Waals surface area contributed by atoms with Crippen LogP contribution in [0.3, 0.4) is 0 Å². The molecule has 2 aromatic carbocycles. The molecule has 2 heterocycles. The Labute approximate surface area is 176 Å². The molecule has 8 heteroatoms. The number of rotatable bonds is 5. The minimum Gasteiger partial charge on any atom is -0.336 e. The van der Waals surface area contributed by atoms with Crippen molar-refractivity contribution in [1.82, 2.24) is 19.2 Å². The normalized spacial score (nSPS) is 15.1. The number of benzene rings is 2. The molecular weight excluding hydrogens is 400 g/mol. The van der Waals surface area contributed by atoms with Gasteiger partial charge in [-0.2, -0.15) is 4.31 Å². The van der Waals surface area contributed by atoms with Crippen molar-refractivity contribution < 1.29 is 13.2 Å². The summed E-state index contributed by atoms with van der Waals surface area (Å²) in [5.74, 6) is 0.343. The molecule has 1 aromatic heterocycles. The minimum absolute atomic E-state index is 0.0312. The van der Waals surface area contributed by atoms with Crippen LogP contribution in [0.4, 0.5) is 0 Å². The SMILES string of the molecule is O=C(c1cnc(-c2ccccc2)nc1)N1CCN(S(=O)(=O)Cc2ccccc2)CC1. The number of aromatic nitrogens is 2. The first-order valence-electron chi connectivity index (χ1n) is 9.71. The van der Waals surface area contributed by atoms with Crippen molar-refractivity contribution in [3.8, 4) is 11.4 Å². The van der Waals surface area contributed by atoms with Crippen molar-refractivity contribution in [3.63, 3.8) is 0 Å². The number of hydrogen-bond donors (Lipinski definition) is 0. The molecule has 0 radical (unpaired) electrons. The summed E-state index contributed by atoms with van der Waals surface area (Å²) in [6.45, 7) is 1.24. The third kappa shape index (κ3) is 4.55. The van der Waals surface area contributed by atoms with Crippen LogP contribution in [-0.2, 0) is 15.8 Å². The van der Waals surface area contributed by atoms with E-state index in [1.807, 2.05) is 48.5 Å². The maximum atomic E-state index is 12.8. The molecule has 0 saturated carbocycles. The molecule has 0 bridgehead atoms. The van der Waals surface area contributed by atoms with Crippen molar-refractivity contribution in [2.24, 2.45) is 0 Å². The average molecular weight is 423 g/mol. The maximum absolute atomic E-state index is 12.8. The van der Waals surface area contributed by atoms with Crippen molar-refractivity contribution in [2.75, 3.05) is 26.2 Å². The standard InChI is InChI=1S/C22H22N4O3S/c27-22(20-15-23-21(24-16-20)19-9-5-2-6-10-19)25-11-13-26(14-12-25)30(28,29)17-18-7-3-1-4-8-18/h1-10,15-16H,11-14,17H2. The van der Waals surface area contributed by atoms with Crippen LogP contribution >= 0.6 is 0 Å². The predicted molar refractivity (Wildman–Crippen MR) is 114 cm³/mol. The van der Waals surface area contributed by atoms with Gasteiger partial charge in [0.05, 0.1) is 11.3 Å². The number of carbonyl (C=O) groups is 1. The lowest BCUT2D eigenvalue weighted by molar-refractivity contribution is 0.0697. The van der Waals surface area contributed by atoms with Crippen LogP contribution in [0.2, 0.25) is 0 Å². The van der Waals surface area contributed by atoms with Crippen molar-refractivity contribution in [3.05, 3.63) is 84.2 Å². The van der Waals surface area contributed by atoms with E-state index < -0.39 is 10.0 Å². The zero-order valence-electron chi connectivity index (χ0n) is 16.4. The summed E-state index contributed by atoms with van der Waals surface area (Å²) in [5.41, 5.74) is 2.04. The summed E-state index contributed by atoms with van der Waals surface area (Å²) < 4.78 is 26.8. The van der Waals surface area contributed by atoms with Crippen LogP contribution in [0, 0.1) is 0 Å². The second-order valence-corrected chi connectivity index (χ2v) is 9.06. The van der Waals surface area contributed by atoms with E-state index >= 15 is 0 Å². The van der Waals surface area contributed by atoms with Crippen LogP contribution in [0.1, 0.15) is 15.9 Å². The first kappa shape index (κ1) is 20.2. The van der Waals surface area contributed by atoms with E-state index in [0.717, 1.165) is 11.1 Å². The highest BCUT2D eigenvalue weighted by Gasteiger charge is 2.29. The highest BCUT2D eigenvalue weighted by atomic mass is 32.2. The lowest BCUT2D eigenvalue weighted by atomic mass is 10.2. The number of sulfonamides is 1. The summed E-state index contributed by atoms with van der Waals surface area (Å²) in [6.07, 6.45) is 3.05. The van der Waals surface area contributed by atoms with E-state index in [1.165, 1.54) is 16.7 Å². The van der Waals surface area contributed by atoms with Gasteiger partial charge in [0, 0.05) is 44.1 Å². The number of hydrogen-bond acceptors (Lipinski definition) is 5. The van der Waals surface area contributed by atoms with E-state index in [2.05, 4.69) is 9.97 Å². The molecule has 0 atom stereocenters. The Morgan fingerprint density at radius 1 is 0.833 bits per heavy atom. The molecule has 0 aliphatic carbocycles. The Morgan fingerprint density at radius 2 is 1.40 bits per heavy atom. The van der Waals surface area contributed by atoms with Gasteiger partial charge in [0.25, 0.3) is 5.91 Å². The summed E-state index contributed by atoms with van der Waals surface area (Å²) in [6, 6.07) is 18.7. The number of nitrogens with zero attached hydrogens (tertiary/aromatic N) is 4. The van der Waals surface area contributed by atoms with Crippen LogP contribution in [0.15, 0.2) is 73.1 Å². The van der Waals surface area contributed by atoms with Gasteiger partial charge in [-0.05, 0) is 5.56 Å². The fraction of sp³-hybridized carbons (Fsp3) is 0.227. The molecule has 1 amide bonds. The summed E-state index contributed by atoms with van der Waals surface area (Å²) >= 11 is 0. The van der Waals surface area contributed by atoms with E-state index in [4.69, 9.17) is 0 Å². The molecule has 4 rings (SSSR count). The van der Waals surface area contributed by atoms with Gasteiger partial charge in [-0.25, -0.2) is 18.4 Å². The molecule has 1 aliphatic rings. The summed E-state index contributed by atoms with van der Waals surface area (Å²) in [5, 5.41) is 0. The zero-order valence-corrected chi connectivity index (χ0v) is 17.2. The molecule has 3 aromatic rings. The highest BCUT2D eigenvalue weighted by Crippen LogP contribution is 2.17. The topological polar surface area (TPSA) is 83.5 Å². The van der Waals surface area contributed by atoms with E-state index in [1.54, 1.807) is 17.0 Å². The van der Waals surface area contributed by atoms with Gasteiger partial charge in [0.15, 0.2) is 5.82 Å². The second kappa shape index (κ2) is 8.73. The third-order valence-corrected chi connectivity index (χ3v) is 6.89. The fourth-order valence-electron chi connectivity index (χ4n) is 3.40. The fourth-order valence-corrected chi connectivity index (χ4v) is 4.92. The van der Waals surface area contributed by atoms with E-state index in [-0.39, 0.29) is 24.7 Å². The Bertz CT molecular complexity index is 1100. The van der Waals surface area contributed by atoms with Gasteiger partial charge in [0.1, 0.15) is 0 Å². The predicted octanol–water partition coefficient (Wildman–Crippen LogP) is 2.43. The first-order chi connectivity index (χ1) is 14.5. The largest absolute Gasteiger partial charge is 0.336 e. The van der Waals surface area contributed by atoms with Gasteiger partial charge in [-0.15, -0.1) is 0 Å². The molecular formula is C22H22N4O3S. The van der Waals surface area contributed by atoms with Gasteiger partial charge < -0.3 is 4.90 Å². The molecule has 1 fully saturated rings. The van der Waals surface area contributed by atoms with Crippen LogP contribution in [-0.4, -0.2) is 59.7 Å². The van der Waals surface area contributed by atoms with Crippen LogP contribution < -0.4 is 0 Å². The maximum Gasteiger partial charge on any atom is 0.257 e. The van der Waals surface area contributed by atoms with Crippen LogP contribution in [0.25, 0.3) is 11.4 Å². The summed E-state index contributed by atoms with van der Waals surface area (Å²) in [7, 11) is -3.42. The van der Waals surface area contributed by atoms with Gasteiger partial charge in [0.2, 0.25) is 10.0 Å². The Kier molecular flexibility index (Phi) is 5.87. The minimum atomic E-state index is -3.42. The van der Waals surface area contributed by atoms with Gasteiger partial charge in [-0.1, -0.05) is 60.7 Å². The highest BCUT2D eigenvalue weighted by molar-refractivity contribution is 7.88. The molecule has 154 valence electrons. The summed E-state index contributed by atoms with van der Waals surface area (Å²) in [4.78, 5) is 23.0. The van der Waals surface area contributed by atoms with Gasteiger partial charge >= 0.3 is 0 Å². The molecule has 0 unspecified atom stereocenters. The van der Waals surface area contributed by atoms with Crippen molar-refractivity contribution >= 4 is 15.9 Å². The second-order valence-electron chi connectivity index (χ2n) is 7.09. The monoisotopic (exact) mass is 422 g/mol. The van der Waals surface area contributed by atoms with E-state index in [0.29, 0.717) is 24.5 Å². The number of amides is 1. The number of piperazine rings is 1. The van der Waals surface area contributed by atoms with Crippen molar-refractivity contribution in [1.29, 1.82) is 0 Å². The molecule has 1 saturated heterocycles. The molecule has 30 heavy (non-hydrogen) atoms. The average Bonchev–Trinajstić information content (AvgIpc) is 2.80. The zero-order chi connectivity index (χ0) is 21.0.